The second kappa shape index (κ2) is 8.19. The molecule has 2 aromatic rings. The quantitative estimate of drug-likeness (QED) is 0.808. The molecule has 0 aliphatic rings. The summed E-state index contributed by atoms with van der Waals surface area (Å²) >= 11 is 0. The number of rotatable bonds is 6. The first-order chi connectivity index (χ1) is 11.8. The first-order valence-corrected chi connectivity index (χ1v) is 8.92. The lowest BCUT2D eigenvalue weighted by atomic mass is 9.97. The van der Waals surface area contributed by atoms with Gasteiger partial charge in [0.25, 0.3) is 5.91 Å². The summed E-state index contributed by atoms with van der Waals surface area (Å²) in [6, 6.07) is 12.3. The number of amides is 1. The zero-order valence-electron chi connectivity index (χ0n) is 16.1. The first-order valence-electron chi connectivity index (χ1n) is 8.92. The third-order valence-electron chi connectivity index (χ3n) is 4.40. The molecule has 0 spiro atoms. The maximum absolute atomic E-state index is 12.6. The normalized spacial score (nSPS) is 13.2. The van der Waals surface area contributed by atoms with Crippen LogP contribution in [-0.4, -0.2) is 12.0 Å². The van der Waals surface area contributed by atoms with Crippen molar-refractivity contribution in [3.05, 3.63) is 64.2 Å². The van der Waals surface area contributed by atoms with Crippen LogP contribution in [0, 0.1) is 27.7 Å². The lowest BCUT2D eigenvalue weighted by molar-refractivity contribution is -0.128. The van der Waals surface area contributed by atoms with Gasteiger partial charge in [0.1, 0.15) is 5.75 Å². The van der Waals surface area contributed by atoms with Crippen LogP contribution in [0.3, 0.4) is 0 Å². The van der Waals surface area contributed by atoms with E-state index in [0.29, 0.717) is 0 Å². The van der Waals surface area contributed by atoms with Crippen molar-refractivity contribution in [1.82, 2.24) is 5.32 Å². The van der Waals surface area contributed by atoms with E-state index >= 15 is 0 Å². The summed E-state index contributed by atoms with van der Waals surface area (Å²) in [6.45, 7) is 12.1. The van der Waals surface area contributed by atoms with Gasteiger partial charge in [0.15, 0.2) is 6.10 Å². The molecule has 3 nitrogen and oxygen atoms in total. The SMILES string of the molecule is CC[C@H](NC(=O)[C@H](C)Oc1cc(C)cc(C)c1)c1ccc(C)cc1C. The van der Waals surface area contributed by atoms with E-state index in [9.17, 15) is 4.79 Å². The van der Waals surface area contributed by atoms with Gasteiger partial charge in [-0.2, -0.15) is 0 Å². The van der Waals surface area contributed by atoms with E-state index in [1.165, 1.54) is 16.7 Å². The van der Waals surface area contributed by atoms with Gasteiger partial charge in [-0.3, -0.25) is 4.79 Å². The second-order valence-electron chi connectivity index (χ2n) is 6.91. The number of hydrogen-bond acceptors (Lipinski definition) is 2. The third-order valence-corrected chi connectivity index (χ3v) is 4.40. The summed E-state index contributed by atoms with van der Waals surface area (Å²) in [5.41, 5.74) is 5.86. The van der Waals surface area contributed by atoms with Gasteiger partial charge in [0, 0.05) is 0 Å². The summed E-state index contributed by atoms with van der Waals surface area (Å²) in [7, 11) is 0. The predicted molar refractivity (Wildman–Crippen MR) is 103 cm³/mol. The smallest absolute Gasteiger partial charge is 0.261 e. The van der Waals surface area contributed by atoms with E-state index < -0.39 is 6.10 Å². The van der Waals surface area contributed by atoms with Gasteiger partial charge < -0.3 is 10.1 Å². The summed E-state index contributed by atoms with van der Waals surface area (Å²) < 4.78 is 5.86. The van der Waals surface area contributed by atoms with Crippen LogP contribution in [0.2, 0.25) is 0 Å². The van der Waals surface area contributed by atoms with Gasteiger partial charge >= 0.3 is 0 Å². The minimum Gasteiger partial charge on any atom is -0.481 e. The molecule has 0 fully saturated rings. The van der Waals surface area contributed by atoms with Crippen molar-refractivity contribution in [2.45, 2.75) is 60.1 Å². The highest BCUT2D eigenvalue weighted by Crippen LogP contribution is 2.22. The fourth-order valence-corrected chi connectivity index (χ4v) is 3.16. The van der Waals surface area contributed by atoms with E-state index in [1.54, 1.807) is 6.92 Å². The molecule has 0 heterocycles. The highest BCUT2D eigenvalue weighted by molar-refractivity contribution is 5.81. The van der Waals surface area contributed by atoms with Gasteiger partial charge in [-0.25, -0.2) is 0 Å². The highest BCUT2D eigenvalue weighted by Gasteiger charge is 2.20. The van der Waals surface area contributed by atoms with Gasteiger partial charge in [0.2, 0.25) is 0 Å². The molecule has 3 heteroatoms. The Morgan fingerprint density at radius 3 is 2.20 bits per heavy atom. The summed E-state index contributed by atoms with van der Waals surface area (Å²) in [4.78, 5) is 12.6. The standard InChI is InChI=1S/C22H29NO2/c1-7-21(20-9-8-14(2)11-17(20)5)23-22(24)18(6)25-19-12-15(3)10-16(4)13-19/h8-13,18,21H,7H2,1-6H3,(H,23,24)/t18-,21-/m0/s1. The van der Waals surface area contributed by atoms with Crippen LogP contribution in [0.25, 0.3) is 0 Å². The zero-order valence-corrected chi connectivity index (χ0v) is 16.1. The number of aryl methyl sites for hydroxylation is 4. The van der Waals surface area contributed by atoms with Crippen LogP contribution in [-0.2, 0) is 4.79 Å². The van der Waals surface area contributed by atoms with Gasteiger partial charge in [-0.1, -0.05) is 36.8 Å². The molecule has 2 atom stereocenters. The Hall–Kier alpha value is -2.29. The molecule has 0 saturated carbocycles. The van der Waals surface area contributed by atoms with Crippen LogP contribution >= 0.6 is 0 Å². The minimum atomic E-state index is -0.541. The van der Waals surface area contributed by atoms with E-state index in [0.717, 1.165) is 23.3 Å². The Labute approximate surface area is 151 Å². The molecule has 0 aliphatic carbocycles. The Morgan fingerprint density at radius 1 is 1.00 bits per heavy atom. The molecule has 134 valence electrons. The Bertz CT molecular complexity index is 731. The molecule has 2 aromatic carbocycles. The Morgan fingerprint density at radius 2 is 1.64 bits per heavy atom. The van der Waals surface area contributed by atoms with Crippen LogP contribution in [0.15, 0.2) is 36.4 Å². The first kappa shape index (κ1) is 19.0. The van der Waals surface area contributed by atoms with Crippen LogP contribution < -0.4 is 10.1 Å². The average Bonchev–Trinajstić information content (AvgIpc) is 2.51. The molecule has 0 aromatic heterocycles. The molecule has 0 unspecified atom stereocenters. The van der Waals surface area contributed by atoms with Gasteiger partial charge in [-0.15, -0.1) is 0 Å². The van der Waals surface area contributed by atoms with Crippen LogP contribution in [0.5, 0.6) is 5.75 Å². The maximum Gasteiger partial charge on any atom is 0.261 e. The minimum absolute atomic E-state index is 0.00149. The predicted octanol–water partition coefficient (Wildman–Crippen LogP) is 4.96. The van der Waals surface area contributed by atoms with Crippen molar-refractivity contribution < 1.29 is 9.53 Å². The number of ether oxygens (including phenoxy) is 1. The van der Waals surface area contributed by atoms with E-state index in [-0.39, 0.29) is 11.9 Å². The Kier molecular flexibility index (Phi) is 6.24. The van der Waals surface area contributed by atoms with Crippen molar-refractivity contribution in [1.29, 1.82) is 0 Å². The zero-order chi connectivity index (χ0) is 18.6. The lowest BCUT2D eigenvalue weighted by Gasteiger charge is -2.23. The summed E-state index contributed by atoms with van der Waals surface area (Å²) in [6.07, 6.45) is 0.298. The van der Waals surface area contributed by atoms with Crippen molar-refractivity contribution in [2.75, 3.05) is 0 Å². The molecule has 0 aliphatic heterocycles. The van der Waals surface area contributed by atoms with Gasteiger partial charge in [0.05, 0.1) is 6.04 Å². The monoisotopic (exact) mass is 339 g/mol. The van der Waals surface area contributed by atoms with Crippen molar-refractivity contribution in [3.63, 3.8) is 0 Å². The maximum atomic E-state index is 12.6. The molecule has 0 saturated heterocycles. The fraction of sp³-hybridized carbons (Fsp3) is 0.409. The van der Waals surface area contributed by atoms with Crippen molar-refractivity contribution in [2.24, 2.45) is 0 Å². The lowest BCUT2D eigenvalue weighted by Crippen LogP contribution is -2.38. The number of nitrogens with one attached hydrogen (secondary N) is 1. The van der Waals surface area contributed by atoms with E-state index in [4.69, 9.17) is 4.74 Å². The third kappa shape index (κ3) is 5.09. The molecule has 1 N–H and O–H groups in total. The molecular weight excluding hydrogens is 310 g/mol. The molecule has 1 amide bonds. The van der Waals surface area contributed by atoms with Crippen molar-refractivity contribution in [3.8, 4) is 5.75 Å². The van der Waals surface area contributed by atoms with Gasteiger partial charge in [-0.05, 0) is 75.4 Å². The largest absolute Gasteiger partial charge is 0.481 e. The molecule has 0 radical (unpaired) electrons. The molecular formula is C22H29NO2. The second-order valence-corrected chi connectivity index (χ2v) is 6.91. The van der Waals surface area contributed by atoms with Crippen molar-refractivity contribution >= 4 is 5.91 Å². The van der Waals surface area contributed by atoms with Crippen LogP contribution in [0.1, 0.15) is 54.1 Å². The average molecular weight is 339 g/mol. The van der Waals surface area contributed by atoms with E-state index in [2.05, 4.69) is 50.4 Å². The number of carbonyl (C=O) groups is 1. The fourth-order valence-electron chi connectivity index (χ4n) is 3.16. The topological polar surface area (TPSA) is 38.3 Å². The number of benzene rings is 2. The summed E-state index contributed by atoms with van der Waals surface area (Å²) in [5.74, 6) is 0.644. The Balaban J connectivity index is 2.08. The number of carbonyl (C=O) groups excluding carboxylic acids is 1. The van der Waals surface area contributed by atoms with E-state index in [1.807, 2.05) is 26.0 Å². The molecule has 25 heavy (non-hydrogen) atoms. The molecule has 0 bridgehead atoms. The van der Waals surface area contributed by atoms with Crippen LogP contribution in [0.4, 0.5) is 0 Å². The molecule has 2 rings (SSSR count). The summed E-state index contributed by atoms with van der Waals surface area (Å²) in [5, 5.41) is 3.13. The number of hydrogen-bond donors (Lipinski definition) is 1. The highest BCUT2D eigenvalue weighted by atomic mass is 16.5.